The summed E-state index contributed by atoms with van der Waals surface area (Å²) in [4.78, 5) is 12.1. The minimum atomic E-state index is -0.198. The maximum Gasteiger partial charge on any atom is 0.141 e. The number of carbonyl (C=O) groups is 1. The van der Waals surface area contributed by atoms with E-state index in [1.807, 2.05) is 0 Å². The Kier molecular flexibility index (Phi) is 2.42. The fourth-order valence-electron chi connectivity index (χ4n) is 2.99. The van der Waals surface area contributed by atoms with Crippen molar-refractivity contribution in [1.82, 2.24) is 0 Å². The Morgan fingerprint density at radius 3 is 2.79 bits per heavy atom. The van der Waals surface area contributed by atoms with E-state index in [2.05, 4.69) is 20.8 Å². The molecule has 0 aromatic rings. The van der Waals surface area contributed by atoms with Crippen molar-refractivity contribution >= 4 is 5.78 Å². The SMILES string of the molecule is CC1O[C@@H]2CCCCC(=O)[C@]2(C)[C@H]1C. The smallest absolute Gasteiger partial charge is 0.141 e. The molecule has 2 aliphatic rings. The Morgan fingerprint density at radius 2 is 2.07 bits per heavy atom. The average molecular weight is 196 g/mol. The fraction of sp³-hybridized carbons (Fsp3) is 0.917. The summed E-state index contributed by atoms with van der Waals surface area (Å²) in [6.07, 6.45) is 4.44. The highest BCUT2D eigenvalue weighted by atomic mass is 16.5. The van der Waals surface area contributed by atoms with Crippen molar-refractivity contribution < 1.29 is 9.53 Å². The van der Waals surface area contributed by atoms with Gasteiger partial charge in [0.25, 0.3) is 0 Å². The molecule has 0 amide bonds. The molecule has 0 spiro atoms. The third kappa shape index (κ3) is 1.23. The Morgan fingerprint density at radius 1 is 1.36 bits per heavy atom. The van der Waals surface area contributed by atoms with Crippen LogP contribution in [0.2, 0.25) is 0 Å². The molecule has 1 unspecified atom stereocenters. The molecule has 2 nitrogen and oxygen atoms in total. The normalized spacial score (nSPS) is 48.8. The summed E-state index contributed by atoms with van der Waals surface area (Å²) in [7, 11) is 0. The largest absolute Gasteiger partial charge is 0.374 e. The van der Waals surface area contributed by atoms with Gasteiger partial charge in [-0.25, -0.2) is 0 Å². The average Bonchev–Trinajstić information content (AvgIpc) is 2.31. The number of Topliss-reactive ketones (excluding diaryl/α,β-unsaturated/α-hetero) is 1. The third-order valence-electron chi connectivity index (χ3n) is 4.42. The summed E-state index contributed by atoms with van der Waals surface area (Å²) in [5, 5.41) is 0. The molecule has 1 aliphatic heterocycles. The zero-order valence-corrected chi connectivity index (χ0v) is 9.38. The van der Waals surface area contributed by atoms with Gasteiger partial charge in [0.15, 0.2) is 0 Å². The third-order valence-corrected chi connectivity index (χ3v) is 4.42. The predicted octanol–water partition coefficient (Wildman–Crippen LogP) is 2.56. The van der Waals surface area contributed by atoms with E-state index in [-0.39, 0.29) is 17.6 Å². The lowest BCUT2D eigenvalue weighted by Crippen LogP contribution is -2.39. The van der Waals surface area contributed by atoms with E-state index in [0.717, 1.165) is 25.7 Å². The standard InChI is InChI=1S/C12H20O2/c1-8-9(2)14-11-7-5-4-6-10(13)12(8,11)3/h8-9,11H,4-7H2,1-3H3/t8-,9?,11+,12-/m0/s1. The lowest BCUT2D eigenvalue weighted by molar-refractivity contribution is -0.131. The molecule has 4 atom stereocenters. The Balaban J connectivity index is 2.32. The first-order chi connectivity index (χ1) is 6.56. The van der Waals surface area contributed by atoms with Crippen LogP contribution in [0.1, 0.15) is 46.5 Å². The van der Waals surface area contributed by atoms with Gasteiger partial charge in [0, 0.05) is 6.42 Å². The number of fused-ring (bicyclic) bond motifs is 1. The first-order valence-electron chi connectivity index (χ1n) is 5.75. The molecular formula is C12H20O2. The van der Waals surface area contributed by atoms with Crippen LogP contribution in [0.5, 0.6) is 0 Å². The minimum absolute atomic E-state index is 0.183. The lowest BCUT2D eigenvalue weighted by atomic mass is 9.70. The van der Waals surface area contributed by atoms with Crippen molar-refractivity contribution in [2.45, 2.75) is 58.7 Å². The predicted molar refractivity (Wildman–Crippen MR) is 55.1 cm³/mol. The molecule has 1 saturated heterocycles. The van der Waals surface area contributed by atoms with E-state index >= 15 is 0 Å². The van der Waals surface area contributed by atoms with Gasteiger partial charge in [0.2, 0.25) is 0 Å². The van der Waals surface area contributed by atoms with Gasteiger partial charge in [0.1, 0.15) is 5.78 Å². The highest BCUT2D eigenvalue weighted by Crippen LogP contribution is 2.48. The van der Waals surface area contributed by atoms with Gasteiger partial charge in [0.05, 0.1) is 17.6 Å². The van der Waals surface area contributed by atoms with E-state index in [1.165, 1.54) is 0 Å². The quantitative estimate of drug-likeness (QED) is 0.595. The van der Waals surface area contributed by atoms with Gasteiger partial charge in [-0.3, -0.25) is 4.79 Å². The molecule has 0 bridgehead atoms. The summed E-state index contributed by atoms with van der Waals surface area (Å²) < 4.78 is 5.91. The molecule has 1 saturated carbocycles. The molecule has 0 aromatic carbocycles. The molecule has 2 rings (SSSR count). The molecule has 2 heteroatoms. The van der Waals surface area contributed by atoms with Gasteiger partial charge in [-0.15, -0.1) is 0 Å². The molecular weight excluding hydrogens is 176 g/mol. The molecule has 1 aliphatic carbocycles. The van der Waals surface area contributed by atoms with E-state index in [4.69, 9.17) is 4.74 Å². The van der Waals surface area contributed by atoms with Crippen molar-refractivity contribution in [2.75, 3.05) is 0 Å². The zero-order chi connectivity index (χ0) is 10.3. The van der Waals surface area contributed by atoms with Crippen molar-refractivity contribution in [1.29, 1.82) is 0 Å². The fourth-order valence-corrected chi connectivity index (χ4v) is 2.99. The second kappa shape index (κ2) is 3.34. The number of ketones is 1. The summed E-state index contributed by atoms with van der Waals surface area (Å²) in [5.41, 5.74) is -0.198. The minimum Gasteiger partial charge on any atom is -0.374 e. The molecule has 2 fully saturated rings. The maximum absolute atomic E-state index is 12.1. The summed E-state index contributed by atoms with van der Waals surface area (Å²) in [6.45, 7) is 6.37. The highest BCUT2D eigenvalue weighted by Gasteiger charge is 2.53. The first-order valence-corrected chi connectivity index (χ1v) is 5.75. The van der Waals surface area contributed by atoms with Crippen LogP contribution in [-0.4, -0.2) is 18.0 Å². The van der Waals surface area contributed by atoms with Crippen LogP contribution >= 0.6 is 0 Å². The lowest BCUT2D eigenvalue weighted by Gasteiger charge is -2.30. The van der Waals surface area contributed by atoms with Crippen LogP contribution in [0.3, 0.4) is 0 Å². The Labute approximate surface area is 86.0 Å². The number of hydrogen-bond acceptors (Lipinski definition) is 2. The molecule has 0 radical (unpaired) electrons. The Hall–Kier alpha value is -0.370. The van der Waals surface area contributed by atoms with E-state index in [0.29, 0.717) is 11.7 Å². The number of rotatable bonds is 0. The second-order valence-corrected chi connectivity index (χ2v) is 5.07. The highest BCUT2D eigenvalue weighted by molar-refractivity contribution is 5.86. The maximum atomic E-state index is 12.1. The van der Waals surface area contributed by atoms with Gasteiger partial charge in [-0.05, 0) is 32.6 Å². The molecule has 0 N–H and O–H groups in total. The van der Waals surface area contributed by atoms with Gasteiger partial charge in [-0.2, -0.15) is 0 Å². The number of ether oxygens (including phenoxy) is 1. The number of carbonyl (C=O) groups excluding carboxylic acids is 1. The van der Waals surface area contributed by atoms with Crippen LogP contribution in [0.4, 0.5) is 0 Å². The van der Waals surface area contributed by atoms with Crippen LogP contribution in [0.25, 0.3) is 0 Å². The first kappa shape index (κ1) is 10.2. The van der Waals surface area contributed by atoms with Crippen molar-refractivity contribution in [3.63, 3.8) is 0 Å². The zero-order valence-electron chi connectivity index (χ0n) is 9.38. The summed E-state index contributed by atoms with van der Waals surface area (Å²) in [5.74, 6) is 0.801. The van der Waals surface area contributed by atoms with E-state index < -0.39 is 0 Å². The topological polar surface area (TPSA) is 26.3 Å². The molecule has 80 valence electrons. The van der Waals surface area contributed by atoms with Crippen LogP contribution < -0.4 is 0 Å². The summed E-state index contributed by atoms with van der Waals surface area (Å²) in [6, 6.07) is 0. The summed E-state index contributed by atoms with van der Waals surface area (Å²) >= 11 is 0. The van der Waals surface area contributed by atoms with Gasteiger partial charge < -0.3 is 4.74 Å². The van der Waals surface area contributed by atoms with E-state index in [1.54, 1.807) is 0 Å². The van der Waals surface area contributed by atoms with Crippen molar-refractivity contribution in [2.24, 2.45) is 11.3 Å². The molecule has 14 heavy (non-hydrogen) atoms. The van der Waals surface area contributed by atoms with Crippen LogP contribution in [-0.2, 0) is 9.53 Å². The van der Waals surface area contributed by atoms with Crippen molar-refractivity contribution in [3.8, 4) is 0 Å². The number of hydrogen-bond donors (Lipinski definition) is 0. The Bertz CT molecular complexity index is 249. The van der Waals surface area contributed by atoms with Gasteiger partial charge in [-0.1, -0.05) is 13.3 Å². The van der Waals surface area contributed by atoms with Crippen LogP contribution in [0.15, 0.2) is 0 Å². The van der Waals surface area contributed by atoms with Gasteiger partial charge >= 0.3 is 0 Å². The van der Waals surface area contributed by atoms with E-state index in [9.17, 15) is 4.79 Å². The molecule has 1 heterocycles. The van der Waals surface area contributed by atoms with Crippen LogP contribution in [0, 0.1) is 11.3 Å². The van der Waals surface area contributed by atoms with Crippen molar-refractivity contribution in [3.05, 3.63) is 0 Å². The molecule has 0 aromatic heterocycles. The second-order valence-electron chi connectivity index (χ2n) is 5.07. The monoisotopic (exact) mass is 196 g/mol.